The first-order valence-corrected chi connectivity index (χ1v) is 4.34. The molecule has 0 heterocycles. The topological polar surface area (TPSA) is 20.2 Å². The Kier molecular flexibility index (Phi) is 3.65. The molecule has 0 saturated heterocycles. The molecule has 70 valence electrons. The molecule has 0 amide bonds. The normalized spacial score (nSPS) is 13.5. The van der Waals surface area contributed by atoms with Gasteiger partial charge in [-0.25, -0.2) is 4.39 Å². The average molecular weight is 180 g/mol. The van der Waals surface area contributed by atoms with Gasteiger partial charge in [0.25, 0.3) is 0 Å². The van der Waals surface area contributed by atoms with Gasteiger partial charge < -0.3 is 5.11 Å². The fourth-order valence-electron chi connectivity index (χ4n) is 0.932. The Morgan fingerprint density at radius 2 is 2.00 bits per heavy atom. The molecule has 0 saturated carbocycles. The van der Waals surface area contributed by atoms with E-state index in [9.17, 15) is 9.50 Å². The Balaban J connectivity index is 2.64. The van der Waals surface area contributed by atoms with E-state index in [-0.39, 0.29) is 5.82 Å². The van der Waals surface area contributed by atoms with Gasteiger partial charge >= 0.3 is 0 Å². The lowest BCUT2D eigenvalue weighted by Crippen LogP contribution is -1.97. The number of rotatable bonds is 3. The molecule has 0 bridgehead atoms. The second kappa shape index (κ2) is 4.77. The van der Waals surface area contributed by atoms with E-state index in [0.29, 0.717) is 6.42 Å². The number of hydrogen-bond acceptors (Lipinski definition) is 1. The second-order valence-corrected chi connectivity index (χ2v) is 2.89. The summed E-state index contributed by atoms with van der Waals surface area (Å²) in [7, 11) is 0. The van der Waals surface area contributed by atoms with Crippen molar-refractivity contribution in [1.29, 1.82) is 0 Å². The molecule has 0 fully saturated rings. The highest BCUT2D eigenvalue weighted by Gasteiger charge is 1.93. The summed E-state index contributed by atoms with van der Waals surface area (Å²) in [5.74, 6) is -0.242. The summed E-state index contributed by atoms with van der Waals surface area (Å²) in [4.78, 5) is 0. The summed E-state index contributed by atoms with van der Waals surface area (Å²) in [5.41, 5.74) is 0.897. The Bertz CT molecular complexity index is 277. The Morgan fingerprint density at radius 1 is 1.38 bits per heavy atom. The van der Waals surface area contributed by atoms with Crippen LogP contribution in [0.25, 0.3) is 6.08 Å². The molecule has 0 radical (unpaired) electrons. The molecule has 0 aliphatic rings. The summed E-state index contributed by atoms with van der Waals surface area (Å²) in [6.45, 7) is 1.90. The van der Waals surface area contributed by atoms with Gasteiger partial charge in [0.15, 0.2) is 0 Å². The molecule has 0 aromatic heterocycles. The minimum Gasteiger partial charge on any atom is -0.389 e. The predicted molar refractivity (Wildman–Crippen MR) is 51.7 cm³/mol. The van der Waals surface area contributed by atoms with Crippen LogP contribution in [0.1, 0.15) is 18.9 Å². The van der Waals surface area contributed by atoms with E-state index < -0.39 is 6.10 Å². The van der Waals surface area contributed by atoms with E-state index >= 15 is 0 Å². The van der Waals surface area contributed by atoms with Crippen molar-refractivity contribution in [1.82, 2.24) is 0 Å². The monoisotopic (exact) mass is 180 g/mol. The third-order valence-electron chi connectivity index (χ3n) is 1.80. The van der Waals surface area contributed by atoms with Crippen LogP contribution in [0.3, 0.4) is 0 Å². The lowest BCUT2D eigenvalue weighted by molar-refractivity contribution is 0.220. The summed E-state index contributed by atoms with van der Waals surface area (Å²) in [5, 5.41) is 9.21. The van der Waals surface area contributed by atoms with Crippen molar-refractivity contribution in [3.05, 3.63) is 41.7 Å². The smallest absolute Gasteiger partial charge is 0.123 e. The van der Waals surface area contributed by atoms with E-state index in [4.69, 9.17) is 0 Å². The van der Waals surface area contributed by atoms with Crippen LogP contribution in [0.4, 0.5) is 4.39 Å². The van der Waals surface area contributed by atoms with Gasteiger partial charge in [-0.2, -0.15) is 0 Å². The minimum atomic E-state index is -0.412. The molecular weight excluding hydrogens is 167 g/mol. The van der Waals surface area contributed by atoms with E-state index in [1.54, 1.807) is 24.3 Å². The van der Waals surface area contributed by atoms with Gasteiger partial charge in [-0.05, 0) is 24.1 Å². The van der Waals surface area contributed by atoms with Crippen LogP contribution in [0.2, 0.25) is 0 Å². The van der Waals surface area contributed by atoms with E-state index in [2.05, 4.69) is 0 Å². The zero-order valence-electron chi connectivity index (χ0n) is 7.57. The van der Waals surface area contributed by atoms with Crippen molar-refractivity contribution in [2.45, 2.75) is 19.4 Å². The summed E-state index contributed by atoms with van der Waals surface area (Å²) in [6.07, 6.45) is 3.77. The quantitative estimate of drug-likeness (QED) is 0.758. The Morgan fingerprint density at radius 3 is 2.54 bits per heavy atom. The molecule has 2 heteroatoms. The summed E-state index contributed by atoms with van der Waals surface area (Å²) in [6, 6.07) is 6.15. The van der Waals surface area contributed by atoms with Crippen LogP contribution < -0.4 is 0 Å². The number of benzene rings is 1. The zero-order valence-corrected chi connectivity index (χ0v) is 7.57. The van der Waals surface area contributed by atoms with Gasteiger partial charge in [0.05, 0.1) is 6.10 Å². The standard InChI is InChI=1S/C11H13FO/c1-2-11(13)8-5-9-3-6-10(12)7-4-9/h3-8,11,13H,2H2,1H3/b8-5+. The molecule has 13 heavy (non-hydrogen) atoms. The molecule has 0 aliphatic carbocycles. The Labute approximate surface area is 77.5 Å². The number of hydrogen-bond donors (Lipinski definition) is 1. The molecule has 1 aromatic rings. The molecule has 0 spiro atoms. The highest BCUT2D eigenvalue weighted by Crippen LogP contribution is 2.05. The van der Waals surface area contributed by atoms with Crippen LogP contribution >= 0.6 is 0 Å². The zero-order chi connectivity index (χ0) is 9.68. The maximum Gasteiger partial charge on any atom is 0.123 e. The van der Waals surface area contributed by atoms with Crippen molar-refractivity contribution in [2.75, 3.05) is 0 Å². The van der Waals surface area contributed by atoms with E-state index in [1.807, 2.05) is 6.92 Å². The molecular formula is C11H13FO. The lowest BCUT2D eigenvalue weighted by atomic mass is 10.1. The van der Waals surface area contributed by atoms with Gasteiger partial charge in [-0.3, -0.25) is 0 Å². The van der Waals surface area contributed by atoms with E-state index in [0.717, 1.165) is 5.56 Å². The fourth-order valence-corrected chi connectivity index (χ4v) is 0.932. The van der Waals surface area contributed by atoms with Crippen molar-refractivity contribution in [3.63, 3.8) is 0 Å². The third kappa shape index (κ3) is 3.38. The summed E-state index contributed by atoms with van der Waals surface area (Å²) >= 11 is 0. The first-order chi connectivity index (χ1) is 6.22. The molecule has 1 unspecified atom stereocenters. The van der Waals surface area contributed by atoms with Gasteiger partial charge in [-0.1, -0.05) is 31.2 Å². The molecule has 1 N–H and O–H groups in total. The molecule has 1 nitrogen and oxygen atoms in total. The van der Waals surface area contributed by atoms with Crippen LogP contribution in [0.5, 0.6) is 0 Å². The number of aliphatic hydroxyl groups is 1. The summed E-state index contributed by atoms with van der Waals surface area (Å²) < 4.78 is 12.5. The molecule has 1 atom stereocenters. The highest BCUT2D eigenvalue weighted by molar-refractivity contribution is 5.49. The van der Waals surface area contributed by atoms with Crippen LogP contribution in [0.15, 0.2) is 30.3 Å². The third-order valence-corrected chi connectivity index (χ3v) is 1.80. The maximum absolute atomic E-state index is 12.5. The SMILES string of the molecule is CCC(O)/C=C/c1ccc(F)cc1. The first kappa shape index (κ1) is 9.93. The van der Waals surface area contributed by atoms with E-state index in [1.165, 1.54) is 12.1 Å². The highest BCUT2D eigenvalue weighted by atomic mass is 19.1. The van der Waals surface area contributed by atoms with Crippen molar-refractivity contribution >= 4 is 6.08 Å². The second-order valence-electron chi connectivity index (χ2n) is 2.89. The van der Waals surface area contributed by atoms with Gasteiger partial charge in [0.2, 0.25) is 0 Å². The van der Waals surface area contributed by atoms with Crippen molar-refractivity contribution in [2.24, 2.45) is 0 Å². The van der Waals surface area contributed by atoms with Crippen molar-refractivity contribution in [3.8, 4) is 0 Å². The average Bonchev–Trinajstić information content (AvgIpc) is 2.16. The fraction of sp³-hybridized carbons (Fsp3) is 0.273. The Hall–Kier alpha value is -1.15. The maximum atomic E-state index is 12.5. The number of halogens is 1. The molecule has 0 aliphatic heterocycles. The van der Waals surface area contributed by atoms with Crippen LogP contribution in [-0.2, 0) is 0 Å². The van der Waals surface area contributed by atoms with Gasteiger partial charge in [0, 0.05) is 0 Å². The lowest BCUT2D eigenvalue weighted by Gasteiger charge is -1.98. The molecule has 1 rings (SSSR count). The largest absolute Gasteiger partial charge is 0.389 e. The van der Waals surface area contributed by atoms with Crippen LogP contribution in [0, 0.1) is 5.82 Å². The first-order valence-electron chi connectivity index (χ1n) is 4.34. The van der Waals surface area contributed by atoms with Crippen LogP contribution in [-0.4, -0.2) is 11.2 Å². The number of aliphatic hydroxyl groups excluding tert-OH is 1. The van der Waals surface area contributed by atoms with Gasteiger partial charge in [0.1, 0.15) is 5.82 Å². The van der Waals surface area contributed by atoms with Gasteiger partial charge in [-0.15, -0.1) is 0 Å². The predicted octanol–water partition coefficient (Wildman–Crippen LogP) is 2.61. The van der Waals surface area contributed by atoms with Crippen molar-refractivity contribution < 1.29 is 9.50 Å². The molecule has 1 aromatic carbocycles. The minimum absolute atomic E-state index is 0.242.